The van der Waals surface area contributed by atoms with Gasteiger partial charge < -0.3 is 9.84 Å². The molecule has 0 aliphatic rings. The minimum Gasteiger partial charge on any atom is -0.478 e. The second-order valence-electron chi connectivity index (χ2n) is 4.41. The van der Waals surface area contributed by atoms with Crippen LogP contribution in [0, 0.1) is 0 Å². The minimum absolute atomic E-state index is 0.0440. The Morgan fingerprint density at radius 3 is 2.48 bits per heavy atom. The summed E-state index contributed by atoms with van der Waals surface area (Å²) in [5, 5.41) is 9.10. The van der Waals surface area contributed by atoms with Crippen molar-refractivity contribution in [3.63, 3.8) is 0 Å². The van der Waals surface area contributed by atoms with E-state index in [1.165, 1.54) is 12.1 Å². The molecule has 0 unspecified atom stereocenters. The Labute approximate surface area is 130 Å². The molecule has 1 N–H and O–H groups in total. The lowest BCUT2D eigenvalue weighted by Gasteiger charge is -2.08. The van der Waals surface area contributed by atoms with Crippen molar-refractivity contribution in [3.05, 3.63) is 64.1 Å². The van der Waals surface area contributed by atoms with E-state index >= 15 is 0 Å². The molecule has 0 atom stereocenters. The third kappa shape index (κ3) is 4.43. The molecule has 0 amide bonds. The van der Waals surface area contributed by atoms with Gasteiger partial charge in [0.2, 0.25) is 0 Å². The van der Waals surface area contributed by atoms with Gasteiger partial charge in [-0.1, -0.05) is 46.3 Å². The Morgan fingerprint density at radius 2 is 1.81 bits per heavy atom. The summed E-state index contributed by atoms with van der Waals surface area (Å²) < 4.78 is 5.76. The molecular formula is C16H13BrO4. The largest absolute Gasteiger partial charge is 0.478 e. The quantitative estimate of drug-likeness (QED) is 0.661. The molecular weight excluding hydrogens is 336 g/mol. The Balaban J connectivity index is 2.01. The number of aromatic carboxylic acids is 1. The van der Waals surface area contributed by atoms with Gasteiger partial charge in [-0.15, -0.1) is 0 Å². The Morgan fingerprint density at radius 1 is 1.10 bits per heavy atom. The van der Waals surface area contributed by atoms with Crippen LogP contribution in [0.5, 0.6) is 5.75 Å². The van der Waals surface area contributed by atoms with Crippen molar-refractivity contribution in [1.29, 1.82) is 0 Å². The molecule has 0 aliphatic heterocycles. The van der Waals surface area contributed by atoms with Crippen LogP contribution in [0.1, 0.15) is 22.3 Å². The van der Waals surface area contributed by atoms with Crippen molar-refractivity contribution in [2.24, 2.45) is 0 Å². The van der Waals surface area contributed by atoms with Crippen molar-refractivity contribution in [2.45, 2.75) is 12.8 Å². The zero-order valence-electron chi connectivity index (χ0n) is 11.1. The molecule has 5 heteroatoms. The predicted molar refractivity (Wildman–Crippen MR) is 81.5 cm³/mol. The van der Waals surface area contributed by atoms with Crippen LogP contribution in [0.15, 0.2) is 53.0 Å². The van der Waals surface area contributed by atoms with E-state index in [1.54, 1.807) is 6.07 Å². The van der Waals surface area contributed by atoms with E-state index in [1.807, 2.05) is 30.3 Å². The number of hydrogen-bond donors (Lipinski definition) is 1. The fourth-order valence-corrected chi connectivity index (χ4v) is 2.18. The summed E-state index contributed by atoms with van der Waals surface area (Å²) >= 11 is 3.19. The van der Waals surface area contributed by atoms with E-state index in [4.69, 9.17) is 9.84 Å². The van der Waals surface area contributed by atoms with Crippen LogP contribution in [0.2, 0.25) is 0 Å². The topological polar surface area (TPSA) is 63.6 Å². The van der Waals surface area contributed by atoms with Gasteiger partial charge in [0.05, 0.1) is 0 Å². The molecule has 2 rings (SSSR count). The highest BCUT2D eigenvalue weighted by Crippen LogP contribution is 2.23. The number of carbonyl (C=O) groups excluding carboxylic acids is 1. The molecule has 0 bridgehead atoms. The summed E-state index contributed by atoms with van der Waals surface area (Å²) in [6.45, 7) is 0. The fourth-order valence-electron chi connectivity index (χ4n) is 1.82. The number of hydrogen-bond acceptors (Lipinski definition) is 3. The third-order valence-corrected chi connectivity index (χ3v) is 3.35. The first kappa shape index (κ1) is 15.3. The van der Waals surface area contributed by atoms with Gasteiger partial charge in [0.15, 0.2) is 0 Å². The lowest BCUT2D eigenvalue weighted by Crippen LogP contribution is -2.12. The van der Waals surface area contributed by atoms with E-state index in [0.717, 1.165) is 5.56 Å². The van der Waals surface area contributed by atoms with Crippen LogP contribution in [0.25, 0.3) is 0 Å². The summed E-state index contributed by atoms with van der Waals surface area (Å²) in [4.78, 5) is 22.9. The smallest absolute Gasteiger partial charge is 0.339 e. The molecule has 2 aromatic rings. The van der Waals surface area contributed by atoms with E-state index in [2.05, 4.69) is 15.9 Å². The lowest BCUT2D eigenvalue weighted by molar-refractivity contribution is -0.134. The number of carboxylic acids is 1. The highest BCUT2D eigenvalue weighted by atomic mass is 79.9. The molecule has 4 nitrogen and oxygen atoms in total. The van der Waals surface area contributed by atoms with Crippen LogP contribution < -0.4 is 4.74 Å². The first-order chi connectivity index (χ1) is 10.1. The van der Waals surface area contributed by atoms with Gasteiger partial charge in [-0.05, 0) is 30.2 Å². The van der Waals surface area contributed by atoms with Gasteiger partial charge in [-0.25, -0.2) is 4.79 Å². The van der Waals surface area contributed by atoms with E-state index in [-0.39, 0.29) is 17.7 Å². The number of benzene rings is 2. The van der Waals surface area contributed by atoms with Crippen molar-refractivity contribution in [3.8, 4) is 5.75 Å². The standard InChI is InChI=1S/C16H13BrO4/c17-12-7-8-14(13(10-12)16(19)20)21-15(18)9-6-11-4-2-1-3-5-11/h1-5,7-8,10H,6,9H2,(H,19,20). The summed E-state index contributed by atoms with van der Waals surface area (Å²) in [6, 6.07) is 14.1. The second kappa shape index (κ2) is 7.04. The second-order valence-corrected chi connectivity index (χ2v) is 5.32. The number of carbonyl (C=O) groups is 2. The highest BCUT2D eigenvalue weighted by molar-refractivity contribution is 9.10. The van der Waals surface area contributed by atoms with Crippen molar-refractivity contribution >= 4 is 27.9 Å². The average molecular weight is 349 g/mol. The first-order valence-electron chi connectivity index (χ1n) is 6.33. The Bertz CT molecular complexity index is 653. The van der Waals surface area contributed by atoms with Gasteiger partial charge in [0, 0.05) is 10.9 Å². The molecule has 0 spiro atoms. The van der Waals surface area contributed by atoms with Crippen LogP contribution in [-0.4, -0.2) is 17.0 Å². The maximum absolute atomic E-state index is 11.8. The SMILES string of the molecule is O=C(CCc1ccccc1)Oc1ccc(Br)cc1C(=O)O. The number of halogens is 1. The molecule has 0 saturated heterocycles. The molecule has 0 radical (unpaired) electrons. The Hall–Kier alpha value is -2.14. The fraction of sp³-hybridized carbons (Fsp3) is 0.125. The van der Waals surface area contributed by atoms with E-state index in [0.29, 0.717) is 10.9 Å². The number of ether oxygens (including phenoxy) is 1. The summed E-state index contributed by atoms with van der Waals surface area (Å²) in [5.74, 6) is -1.53. The monoisotopic (exact) mass is 348 g/mol. The summed E-state index contributed by atoms with van der Waals surface area (Å²) in [6.07, 6.45) is 0.748. The molecule has 2 aromatic carbocycles. The Kier molecular flexibility index (Phi) is 5.11. The zero-order chi connectivity index (χ0) is 15.2. The number of esters is 1. The molecule has 0 heterocycles. The van der Waals surface area contributed by atoms with E-state index in [9.17, 15) is 9.59 Å². The summed E-state index contributed by atoms with van der Waals surface area (Å²) in [5.41, 5.74) is 0.987. The minimum atomic E-state index is -1.14. The molecule has 0 aliphatic carbocycles. The molecule has 21 heavy (non-hydrogen) atoms. The maximum atomic E-state index is 11.8. The molecule has 0 aromatic heterocycles. The van der Waals surface area contributed by atoms with Crippen LogP contribution >= 0.6 is 15.9 Å². The third-order valence-electron chi connectivity index (χ3n) is 2.86. The van der Waals surface area contributed by atoms with Crippen molar-refractivity contribution in [1.82, 2.24) is 0 Å². The number of aryl methyl sites for hydroxylation is 1. The summed E-state index contributed by atoms with van der Waals surface area (Å²) in [7, 11) is 0. The van der Waals surface area contributed by atoms with Gasteiger partial charge in [-0.3, -0.25) is 4.79 Å². The predicted octanol–water partition coefficient (Wildman–Crippen LogP) is 3.69. The number of rotatable bonds is 5. The first-order valence-corrected chi connectivity index (χ1v) is 7.13. The lowest BCUT2D eigenvalue weighted by atomic mass is 10.1. The molecule has 0 saturated carbocycles. The van der Waals surface area contributed by atoms with Gasteiger partial charge in [-0.2, -0.15) is 0 Å². The van der Waals surface area contributed by atoms with Crippen molar-refractivity contribution in [2.75, 3.05) is 0 Å². The van der Waals surface area contributed by atoms with Crippen LogP contribution in [0.4, 0.5) is 0 Å². The van der Waals surface area contributed by atoms with E-state index < -0.39 is 11.9 Å². The van der Waals surface area contributed by atoms with Gasteiger partial charge in [0.25, 0.3) is 0 Å². The van der Waals surface area contributed by atoms with Crippen molar-refractivity contribution < 1.29 is 19.4 Å². The normalized spacial score (nSPS) is 10.1. The number of carboxylic acid groups (broad SMARTS) is 1. The highest BCUT2D eigenvalue weighted by Gasteiger charge is 2.15. The zero-order valence-corrected chi connectivity index (χ0v) is 12.7. The van der Waals surface area contributed by atoms with Crippen LogP contribution in [-0.2, 0) is 11.2 Å². The molecule has 0 fully saturated rings. The average Bonchev–Trinajstić information content (AvgIpc) is 2.48. The maximum Gasteiger partial charge on any atom is 0.339 e. The van der Waals surface area contributed by atoms with Gasteiger partial charge in [0.1, 0.15) is 11.3 Å². The van der Waals surface area contributed by atoms with Crippen LogP contribution in [0.3, 0.4) is 0 Å². The van der Waals surface area contributed by atoms with Gasteiger partial charge >= 0.3 is 11.9 Å². The molecule has 108 valence electrons.